The fraction of sp³-hybridized carbons (Fsp3) is 0.476. The molecular weight excluding hydrogens is 359 g/mol. The van der Waals surface area contributed by atoms with E-state index in [1.807, 2.05) is 26.8 Å². The van der Waals surface area contributed by atoms with Crippen LogP contribution in [-0.4, -0.2) is 39.6 Å². The predicted octanol–water partition coefficient (Wildman–Crippen LogP) is 3.51. The van der Waals surface area contributed by atoms with Crippen molar-refractivity contribution < 1.29 is 14.0 Å². The van der Waals surface area contributed by atoms with Gasteiger partial charge in [0.1, 0.15) is 11.6 Å². The van der Waals surface area contributed by atoms with E-state index in [0.29, 0.717) is 24.6 Å². The molecule has 0 saturated carbocycles. The van der Waals surface area contributed by atoms with Gasteiger partial charge in [0.15, 0.2) is 0 Å². The molecule has 1 aliphatic rings. The first kappa shape index (κ1) is 20.0. The van der Waals surface area contributed by atoms with Crippen LogP contribution in [0.2, 0.25) is 0 Å². The lowest BCUT2D eigenvalue weighted by Gasteiger charge is -2.31. The van der Waals surface area contributed by atoms with Gasteiger partial charge >= 0.3 is 0 Å². The second-order valence-electron chi connectivity index (χ2n) is 8.35. The quantitative estimate of drug-likeness (QED) is 0.878. The number of halogens is 1. The van der Waals surface area contributed by atoms with Crippen LogP contribution >= 0.6 is 0 Å². The van der Waals surface area contributed by atoms with Crippen LogP contribution in [0.15, 0.2) is 30.3 Å². The molecule has 1 aromatic carbocycles. The van der Waals surface area contributed by atoms with Crippen LogP contribution in [0.4, 0.5) is 10.2 Å². The van der Waals surface area contributed by atoms with Crippen molar-refractivity contribution in [2.45, 2.75) is 46.0 Å². The first-order valence-corrected chi connectivity index (χ1v) is 9.58. The van der Waals surface area contributed by atoms with Gasteiger partial charge in [-0.2, -0.15) is 5.10 Å². The molecule has 6 nitrogen and oxygen atoms in total. The molecule has 0 spiro atoms. The maximum Gasteiger partial charge on any atom is 0.230 e. The van der Waals surface area contributed by atoms with Crippen molar-refractivity contribution in [2.24, 2.45) is 5.92 Å². The zero-order valence-electron chi connectivity index (χ0n) is 16.8. The van der Waals surface area contributed by atoms with Crippen LogP contribution in [0.5, 0.6) is 0 Å². The largest absolute Gasteiger partial charge is 0.342 e. The highest BCUT2D eigenvalue weighted by atomic mass is 19.1. The Morgan fingerprint density at radius 3 is 2.50 bits per heavy atom. The topological polar surface area (TPSA) is 67.2 Å². The Bertz CT molecular complexity index is 868. The van der Waals surface area contributed by atoms with Gasteiger partial charge in [-0.1, -0.05) is 20.8 Å². The Hall–Kier alpha value is -2.70. The first-order chi connectivity index (χ1) is 13.1. The van der Waals surface area contributed by atoms with Crippen LogP contribution in [0.25, 0.3) is 5.69 Å². The van der Waals surface area contributed by atoms with Gasteiger partial charge in [0.25, 0.3) is 0 Å². The molecule has 150 valence electrons. The number of likely N-dealkylation sites (tertiary alicyclic amines) is 1. The number of nitrogens with one attached hydrogen (secondary N) is 1. The minimum Gasteiger partial charge on any atom is -0.342 e. The second kappa shape index (κ2) is 7.73. The molecule has 1 fully saturated rings. The first-order valence-electron chi connectivity index (χ1n) is 9.58. The third kappa shape index (κ3) is 4.40. The number of benzene rings is 1. The molecule has 0 aliphatic carbocycles. The molecule has 1 unspecified atom stereocenters. The smallest absolute Gasteiger partial charge is 0.230 e. The zero-order chi connectivity index (χ0) is 20.5. The van der Waals surface area contributed by atoms with Crippen LogP contribution in [-0.2, 0) is 15.0 Å². The summed E-state index contributed by atoms with van der Waals surface area (Å²) in [6, 6.07) is 7.84. The summed E-state index contributed by atoms with van der Waals surface area (Å²) < 4.78 is 14.9. The molecule has 1 saturated heterocycles. The molecule has 2 heterocycles. The minimum absolute atomic E-state index is 0.0103. The molecule has 0 bridgehead atoms. The van der Waals surface area contributed by atoms with Crippen LogP contribution < -0.4 is 5.32 Å². The van der Waals surface area contributed by atoms with E-state index in [-0.39, 0.29) is 29.0 Å². The van der Waals surface area contributed by atoms with Gasteiger partial charge in [-0.15, -0.1) is 0 Å². The number of hydrogen-bond donors (Lipinski definition) is 1. The normalized spacial score (nSPS) is 17.5. The van der Waals surface area contributed by atoms with Crippen molar-refractivity contribution in [1.82, 2.24) is 14.7 Å². The summed E-state index contributed by atoms with van der Waals surface area (Å²) in [5.41, 5.74) is 1.28. The summed E-state index contributed by atoms with van der Waals surface area (Å²) in [5.74, 6) is -0.184. The number of rotatable bonds is 3. The summed E-state index contributed by atoms with van der Waals surface area (Å²) in [4.78, 5) is 26.3. The summed E-state index contributed by atoms with van der Waals surface area (Å²) in [5, 5.41) is 7.61. The summed E-state index contributed by atoms with van der Waals surface area (Å²) in [6.07, 6.45) is 1.55. The van der Waals surface area contributed by atoms with Gasteiger partial charge in [0.05, 0.1) is 17.3 Å². The second-order valence-corrected chi connectivity index (χ2v) is 8.35. The highest BCUT2D eigenvalue weighted by Gasteiger charge is 2.28. The molecule has 0 radical (unpaired) electrons. The number of amides is 2. The maximum atomic E-state index is 13.3. The monoisotopic (exact) mass is 386 g/mol. The highest BCUT2D eigenvalue weighted by Crippen LogP contribution is 2.27. The van der Waals surface area contributed by atoms with E-state index in [1.54, 1.807) is 21.7 Å². The van der Waals surface area contributed by atoms with E-state index in [9.17, 15) is 14.0 Å². The molecule has 7 heteroatoms. The van der Waals surface area contributed by atoms with Crippen molar-refractivity contribution >= 4 is 17.6 Å². The number of hydrogen-bond acceptors (Lipinski definition) is 3. The van der Waals surface area contributed by atoms with E-state index in [2.05, 4.69) is 10.4 Å². The molecule has 1 atom stereocenters. The lowest BCUT2D eigenvalue weighted by Crippen LogP contribution is -2.43. The molecule has 2 aromatic rings. The van der Waals surface area contributed by atoms with Crippen molar-refractivity contribution in [2.75, 3.05) is 18.4 Å². The van der Waals surface area contributed by atoms with E-state index >= 15 is 0 Å². The number of nitrogens with zero attached hydrogens (tertiary/aromatic N) is 3. The number of aromatic nitrogens is 2. The molecule has 1 aromatic heterocycles. The lowest BCUT2D eigenvalue weighted by molar-refractivity contribution is -0.132. The minimum atomic E-state index is -0.330. The van der Waals surface area contributed by atoms with Crippen molar-refractivity contribution in [1.29, 1.82) is 0 Å². The molecular formula is C21H27FN4O2. The van der Waals surface area contributed by atoms with Crippen molar-refractivity contribution in [3.05, 3.63) is 41.8 Å². The SMILES string of the molecule is CC(=O)N1CCCC(C(=O)Nc2cc(C(C)(C)C)nn2-c2ccc(F)cc2)C1. The third-order valence-electron chi connectivity index (χ3n) is 5.04. The van der Waals surface area contributed by atoms with Crippen LogP contribution in [0, 0.1) is 11.7 Å². The van der Waals surface area contributed by atoms with E-state index in [4.69, 9.17) is 0 Å². The third-order valence-corrected chi connectivity index (χ3v) is 5.04. The summed E-state index contributed by atoms with van der Waals surface area (Å²) in [6.45, 7) is 8.78. The summed E-state index contributed by atoms with van der Waals surface area (Å²) in [7, 11) is 0. The number of carbonyl (C=O) groups excluding carboxylic acids is 2. The zero-order valence-corrected chi connectivity index (χ0v) is 16.8. The fourth-order valence-electron chi connectivity index (χ4n) is 3.32. The molecule has 28 heavy (non-hydrogen) atoms. The number of piperidine rings is 1. The fourth-order valence-corrected chi connectivity index (χ4v) is 3.32. The van der Waals surface area contributed by atoms with Gasteiger partial charge in [-0.05, 0) is 37.1 Å². The van der Waals surface area contributed by atoms with Crippen molar-refractivity contribution in [3.63, 3.8) is 0 Å². The highest BCUT2D eigenvalue weighted by molar-refractivity contribution is 5.92. The lowest BCUT2D eigenvalue weighted by atomic mass is 9.92. The Morgan fingerprint density at radius 1 is 1.21 bits per heavy atom. The van der Waals surface area contributed by atoms with Gasteiger partial charge < -0.3 is 10.2 Å². The molecule has 1 aliphatic heterocycles. The average Bonchev–Trinajstić information content (AvgIpc) is 3.06. The van der Waals surface area contributed by atoms with Gasteiger partial charge in [-0.3, -0.25) is 9.59 Å². The standard InChI is InChI=1S/C21H27FN4O2/c1-14(27)25-11-5-6-15(13-25)20(28)23-19-12-18(21(2,3)4)24-26(19)17-9-7-16(22)8-10-17/h7-10,12,15H,5-6,11,13H2,1-4H3,(H,23,28). The molecule has 3 rings (SSSR count). The van der Waals surface area contributed by atoms with Crippen LogP contribution in [0.3, 0.4) is 0 Å². The van der Waals surface area contributed by atoms with Crippen molar-refractivity contribution in [3.8, 4) is 5.69 Å². The van der Waals surface area contributed by atoms with E-state index in [1.165, 1.54) is 19.1 Å². The van der Waals surface area contributed by atoms with Gasteiger partial charge in [-0.25, -0.2) is 9.07 Å². The average molecular weight is 386 g/mol. The predicted molar refractivity (Wildman–Crippen MR) is 106 cm³/mol. The number of carbonyl (C=O) groups is 2. The molecule has 1 N–H and O–H groups in total. The Labute approximate surface area is 164 Å². The number of anilines is 1. The maximum absolute atomic E-state index is 13.3. The Morgan fingerprint density at radius 2 is 1.89 bits per heavy atom. The Balaban J connectivity index is 1.87. The molecule has 2 amide bonds. The van der Waals surface area contributed by atoms with E-state index in [0.717, 1.165) is 18.5 Å². The van der Waals surface area contributed by atoms with E-state index < -0.39 is 0 Å². The van der Waals surface area contributed by atoms with Crippen LogP contribution in [0.1, 0.15) is 46.2 Å². The summed E-state index contributed by atoms with van der Waals surface area (Å²) >= 11 is 0. The van der Waals surface area contributed by atoms with Gasteiger partial charge in [0.2, 0.25) is 11.8 Å². The van der Waals surface area contributed by atoms with Gasteiger partial charge in [0, 0.05) is 31.5 Å². The Kier molecular flexibility index (Phi) is 5.54.